The average molecular weight is 391 g/mol. The van der Waals surface area contributed by atoms with Gasteiger partial charge in [-0.3, -0.25) is 9.59 Å². The number of aromatic hydroxyl groups is 3. The van der Waals surface area contributed by atoms with Crippen LogP contribution in [0.1, 0.15) is 33.6 Å². The van der Waals surface area contributed by atoms with Gasteiger partial charge in [0.1, 0.15) is 0 Å². The monoisotopic (exact) mass is 390 g/mol. The van der Waals surface area contributed by atoms with E-state index in [0.717, 1.165) is 12.1 Å². The lowest BCUT2D eigenvalue weighted by Gasteiger charge is -2.32. The molecule has 0 radical (unpaired) electrons. The molecule has 2 aromatic carbocycles. The highest BCUT2D eigenvalue weighted by Gasteiger charge is 2.26. The molecule has 0 bridgehead atoms. The van der Waals surface area contributed by atoms with Crippen LogP contribution in [0.25, 0.3) is 0 Å². The van der Waals surface area contributed by atoms with E-state index < -0.39 is 17.2 Å². The maximum absolute atomic E-state index is 12.5. The molecule has 7 nitrogen and oxygen atoms in total. The van der Waals surface area contributed by atoms with Crippen LogP contribution in [0.3, 0.4) is 0 Å². The van der Waals surface area contributed by atoms with Crippen LogP contribution in [0.2, 0.25) is 5.02 Å². The Hall–Kier alpha value is -2.93. The van der Waals surface area contributed by atoms with Gasteiger partial charge in [0.05, 0.1) is 10.6 Å². The van der Waals surface area contributed by atoms with Gasteiger partial charge in [-0.25, -0.2) is 0 Å². The van der Waals surface area contributed by atoms with E-state index in [-0.39, 0.29) is 23.4 Å². The lowest BCUT2D eigenvalue weighted by Crippen LogP contribution is -2.46. The predicted octanol–water partition coefficient (Wildman–Crippen LogP) is 2.49. The predicted molar refractivity (Wildman–Crippen MR) is 99.3 cm³/mol. The molecule has 0 aliphatic carbocycles. The number of nitrogens with one attached hydrogen (secondary N) is 1. The van der Waals surface area contributed by atoms with Gasteiger partial charge in [-0.2, -0.15) is 0 Å². The van der Waals surface area contributed by atoms with Crippen molar-refractivity contribution in [2.45, 2.75) is 18.9 Å². The van der Waals surface area contributed by atoms with Crippen LogP contribution in [0.5, 0.6) is 17.2 Å². The molecule has 2 amide bonds. The second kappa shape index (κ2) is 7.75. The SMILES string of the molecule is O=C(NC1CCN(C(=O)c2cc(O)c(O)c(O)c2)CC1)c1ccccc1Cl. The number of carbonyl (C=O) groups excluding carboxylic acids is 2. The van der Waals surface area contributed by atoms with E-state index >= 15 is 0 Å². The Bertz CT molecular complexity index is 855. The molecule has 2 aromatic rings. The van der Waals surface area contributed by atoms with Crippen LogP contribution >= 0.6 is 11.6 Å². The van der Waals surface area contributed by atoms with Crippen LogP contribution < -0.4 is 5.32 Å². The lowest BCUT2D eigenvalue weighted by molar-refractivity contribution is 0.0697. The standard InChI is InChI=1S/C19H19ClN2O5/c20-14-4-2-1-3-13(14)18(26)21-12-5-7-22(8-6-12)19(27)11-9-15(23)17(25)16(24)10-11/h1-4,9-10,12,23-25H,5-8H2,(H,21,26). The maximum Gasteiger partial charge on any atom is 0.254 e. The number of nitrogens with zero attached hydrogens (tertiary/aromatic N) is 1. The van der Waals surface area contributed by atoms with E-state index in [1.165, 1.54) is 0 Å². The van der Waals surface area contributed by atoms with E-state index in [1.807, 2.05) is 0 Å². The Kier molecular flexibility index (Phi) is 5.41. The highest BCUT2D eigenvalue weighted by atomic mass is 35.5. The van der Waals surface area contributed by atoms with Crippen molar-refractivity contribution in [3.05, 3.63) is 52.5 Å². The minimum absolute atomic E-state index is 0.0838. The molecular formula is C19H19ClN2O5. The second-order valence-electron chi connectivity index (χ2n) is 6.38. The number of piperidine rings is 1. The largest absolute Gasteiger partial charge is 0.504 e. The molecule has 0 atom stereocenters. The Morgan fingerprint density at radius 1 is 1.04 bits per heavy atom. The second-order valence-corrected chi connectivity index (χ2v) is 6.79. The molecule has 0 unspecified atom stereocenters. The molecule has 3 rings (SSSR count). The zero-order valence-electron chi connectivity index (χ0n) is 14.4. The van der Waals surface area contributed by atoms with Crippen molar-refractivity contribution >= 4 is 23.4 Å². The fraction of sp³-hybridized carbons (Fsp3) is 0.263. The topological polar surface area (TPSA) is 110 Å². The highest BCUT2D eigenvalue weighted by Crippen LogP contribution is 2.35. The van der Waals surface area contributed by atoms with Crippen molar-refractivity contribution in [3.63, 3.8) is 0 Å². The third-order valence-electron chi connectivity index (χ3n) is 4.55. The Morgan fingerprint density at radius 3 is 2.22 bits per heavy atom. The Balaban J connectivity index is 1.59. The first-order valence-electron chi connectivity index (χ1n) is 8.46. The summed E-state index contributed by atoms with van der Waals surface area (Å²) in [5.74, 6) is -2.39. The minimum Gasteiger partial charge on any atom is -0.504 e. The minimum atomic E-state index is -0.660. The first-order valence-corrected chi connectivity index (χ1v) is 8.84. The number of amides is 2. The molecule has 0 aromatic heterocycles. The normalized spacial score (nSPS) is 14.8. The molecular weight excluding hydrogens is 372 g/mol. The van der Waals surface area contributed by atoms with Gasteiger partial charge in [0.15, 0.2) is 17.2 Å². The van der Waals surface area contributed by atoms with E-state index in [2.05, 4.69) is 5.32 Å². The molecule has 1 aliphatic rings. The van der Waals surface area contributed by atoms with Crippen LogP contribution in [-0.4, -0.2) is 51.2 Å². The van der Waals surface area contributed by atoms with Gasteiger partial charge >= 0.3 is 0 Å². The van der Waals surface area contributed by atoms with Crippen molar-refractivity contribution in [1.29, 1.82) is 0 Å². The first kappa shape index (κ1) is 18.8. The molecule has 4 N–H and O–H groups in total. The molecule has 1 aliphatic heterocycles. The maximum atomic E-state index is 12.5. The quantitative estimate of drug-likeness (QED) is 0.602. The molecule has 1 fully saturated rings. The summed E-state index contributed by atoms with van der Waals surface area (Å²) in [4.78, 5) is 26.4. The van der Waals surface area contributed by atoms with Gasteiger partial charge in [-0.1, -0.05) is 23.7 Å². The number of hydrogen-bond donors (Lipinski definition) is 4. The molecule has 0 saturated carbocycles. The number of hydrogen-bond acceptors (Lipinski definition) is 5. The average Bonchev–Trinajstić information content (AvgIpc) is 2.66. The Morgan fingerprint density at radius 2 is 1.63 bits per heavy atom. The van der Waals surface area contributed by atoms with Crippen LogP contribution in [0, 0.1) is 0 Å². The van der Waals surface area contributed by atoms with Crippen LogP contribution in [-0.2, 0) is 0 Å². The highest BCUT2D eigenvalue weighted by molar-refractivity contribution is 6.33. The van der Waals surface area contributed by atoms with Crippen molar-refractivity contribution in [3.8, 4) is 17.2 Å². The first-order chi connectivity index (χ1) is 12.9. The zero-order chi connectivity index (χ0) is 19.6. The number of rotatable bonds is 3. The van der Waals surface area contributed by atoms with Crippen molar-refractivity contribution in [1.82, 2.24) is 10.2 Å². The van der Waals surface area contributed by atoms with Crippen LogP contribution in [0.4, 0.5) is 0 Å². The summed E-state index contributed by atoms with van der Waals surface area (Å²) in [5.41, 5.74) is 0.495. The smallest absolute Gasteiger partial charge is 0.254 e. The third kappa shape index (κ3) is 4.09. The fourth-order valence-corrected chi connectivity index (χ4v) is 3.27. The van der Waals surface area contributed by atoms with Crippen molar-refractivity contribution in [2.24, 2.45) is 0 Å². The summed E-state index contributed by atoms with van der Waals surface area (Å²) in [7, 11) is 0. The summed E-state index contributed by atoms with van der Waals surface area (Å²) in [6.45, 7) is 0.823. The number of phenolic OH excluding ortho intramolecular Hbond substituents is 3. The Labute approximate surface area is 160 Å². The summed E-state index contributed by atoms with van der Waals surface area (Å²) < 4.78 is 0. The van der Waals surface area contributed by atoms with Gasteiger partial charge in [-0.05, 0) is 37.1 Å². The van der Waals surface area contributed by atoms with E-state index in [4.69, 9.17) is 11.6 Å². The molecule has 142 valence electrons. The van der Waals surface area contributed by atoms with Crippen LogP contribution in [0.15, 0.2) is 36.4 Å². The van der Waals surface area contributed by atoms with Gasteiger partial charge < -0.3 is 25.5 Å². The fourth-order valence-electron chi connectivity index (χ4n) is 3.05. The van der Waals surface area contributed by atoms with Gasteiger partial charge in [0.25, 0.3) is 11.8 Å². The number of benzene rings is 2. The van der Waals surface area contributed by atoms with Gasteiger partial charge in [0, 0.05) is 24.7 Å². The van der Waals surface area contributed by atoms with Crippen molar-refractivity contribution < 1.29 is 24.9 Å². The molecule has 1 saturated heterocycles. The van der Waals surface area contributed by atoms with Gasteiger partial charge in [-0.15, -0.1) is 0 Å². The van der Waals surface area contributed by atoms with Crippen molar-refractivity contribution in [2.75, 3.05) is 13.1 Å². The van der Waals surface area contributed by atoms with Gasteiger partial charge in [0.2, 0.25) is 0 Å². The number of likely N-dealkylation sites (tertiary alicyclic amines) is 1. The number of carbonyl (C=O) groups is 2. The summed E-state index contributed by atoms with van der Waals surface area (Å²) >= 11 is 6.03. The lowest BCUT2D eigenvalue weighted by atomic mass is 10.0. The third-order valence-corrected chi connectivity index (χ3v) is 4.88. The molecule has 0 spiro atoms. The van der Waals surface area contributed by atoms with E-state index in [9.17, 15) is 24.9 Å². The summed E-state index contributed by atoms with van der Waals surface area (Å²) in [5, 5.41) is 31.8. The number of halogens is 1. The zero-order valence-corrected chi connectivity index (χ0v) is 15.1. The van der Waals surface area contributed by atoms with E-state index in [1.54, 1.807) is 29.2 Å². The molecule has 27 heavy (non-hydrogen) atoms. The van der Waals surface area contributed by atoms with E-state index in [0.29, 0.717) is 36.5 Å². The molecule has 8 heteroatoms. The summed E-state index contributed by atoms with van der Waals surface area (Å²) in [6, 6.07) is 8.94. The number of phenols is 3. The summed E-state index contributed by atoms with van der Waals surface area (Å²) in [6.07, 6.45) is 1.13. The molecule has 1 heterocycles.